The number of rotatable bonds is 7. The molecule has 17 heavy (non-hydrogen) atoms. The highest BCUT2D eigenvalue weighted by atomic mass is 16.5. The quantitative estimate of drug-likeness (QED) is 0.790. The van der Waals surface area contributed by atoms with Crippen molar-refractivity contribution < 1.29 is 9.47 Å². The maximum absolute atomic E-state index is 5.47. The van der Waals surface area contributed by atoms with Crippen molar-refractivity contribution in [3.63, 3.8) is 0 Å². The van der Waals surface area contributed by atoms with Crippen molar-refractivity contribution in [2.24, 2.45) is 0 Å². The highest BCUT2D eigenvalue weighted by molar-refractivity contribution is 5.48. The van der Waals surface area contributed by atoms with Crippen molar-refractivity contribution >= 4 is 0 Å². The fraction of sp³-hybridized carbons (Fsp3) is 0.571. The van der Waals surface area contributed by atoms with Gasteiger partial charge >= 0.3 is 0 Å². The van der Waals surface area contributed by atoms with E-state index in [0.717, 1.165) is 17.9 Å². The maximum atomic E-state index is 5.47. The van der Waals surface area contributed by atoms with Crippen LogP contribution in [0.1, 0.15) is 37.8 Å². The van der Waals surface area contributed by atoms with Gasteiger partial charge in [-0.1, -0.05) is 31.9 Å². The first-order valence-electron chi connectivity index (χ1n) is 6.16. The van der Waals surface area contributed by atoms with Gasteiger partial charge in [-0.3, -0.25) is 0 Å². The van der Waals surface area contributed by atoms with Crippen LogP contribution in [-0.4, -0.2) is 21.3 Å². The van der Waals surface area contributed by atoms with Crippen molar-refractivity contribution in [1.82, 2.24) is 5.32 Å². The van der Waals surface area contributed by atoms with Gasteiger partial charge in [-0.15, -0.1) is 0 Å². The first-order valence-corrected chi connectivity index (χ1v) is 6.16. The normalized spacial score (nSPS) is 12.2. The highest BCUT2D eigenvalue weighted by Gasteiger charge is 2.16. The van der Waals surface area contributed by atoms with Gasteiger partial charge in [-0.25, -0.2) is 0 Å². The molecule has 0 spiro atoms. The highest BCUT2D eigenvalue weighted by Crippen LogP contribution is 2.36. The number of hydrogen-bond donors (Lipinski definition) is 1. The Bertz CT molecular complexity index is 339. The van der Waals surface area contributed by atoms with E-state index in [-0.39, 0.29) is 0 Å². The molecule has 0 aliphatic heterocycles. The number of benzene rings is 1. The Labute approximate surface area is 104 Å². The van der Waals surface area contributed by atoms with E-state index in [4.69, 9.17) is 9.47 Å². The van der Waals surface area contributed by atoms with E-state index in [1.807, 2.05) is 19.2 Å². The Morgan fingerprint density at radius 1 is 1.24 bits per heavy atom. The summed E-state index contributed by atoms with van der Waals surface area (Å²) in [7, 11) is 5.34. The van der Waals surface area contributed by atoms with Crippen LogP contribution in [0.15, 0.2) is 18.2 Å². The van der Waals surface area contributed by atoms with Crippen LogP contribution < -0.4 is 14.8 Å². The molecule has 0 aromatic heterocycles. The molecule has 3 heteroatoms. The first-order chi connectivity index (χ1) is 8.28. The van der Waals surface area contributed by atoms with E-state index in [1.54, 1.807) is 14.2 Å². The molecule has 1 aromatic rings. The lowest BCUT2D eigenvalue weighted by Gasteiger charge is -2.20. The minimum absolute atomic E-state index is 0.319. The zero-order valence-corrected chi connectivity index (χ0v) is 11.2. The Balaban J connectivity index is 3.00. The molecule has 0 aliphatic carbocycles. The van der Waals surface area contributed by atoms with E-state index in [0.29, 0.717) is 6.04 Å². The van der Waals surface area contributed by atoms with E-state index < -0.39 is 0 Å². The van der Waals surface area contributed by atoms with Crippen LogP contribution in [-0.2, 0) is 0 Å². The number of para-hydroxylation sites is 1. The Morgan fingerprint density at radius 3 is 2.53 bits per heavy atom. The third kappa shape index (κ3) is 3.37. The number of unbranched alkanes of at least 4 members (excludes halogenated alkanes) is 1. The summed E-state index contributed by atoms with van der Waals surface area (Å²) in [6.07, 6.45) is 3.51. The smallest absolute Gasteiger partial charge is 0.165 e. The zero-order valence-electron chi connectivity index (χ0n) is 11.2. The lowest BCUT2D eigenvalue weighted by atomic mass is 10.00. The summed E-state index contributed by atoms with van der Waals surface area (Å²) in [6.45, 7) is 2.20. The molecule has 1 aromatic carbocycles. The van der Waals surface area contributed by atoms with Crippen LogP contribution in [0.5, 0.6) is 11.5 Å². The molecule has 0 radical (unpaired) electrons. The second-order valence-electron chi connectivity index (χ2n) is 4.07. The first kappa shape index (κ1) is 13.8. The monoisotopic (exact) mass is 237 g/mol. The molecule has 0 bridgehead atoms. The van der Waals surface area contributed by atoms with Gasteiger partial charge in [0.2, 0.25) is 0 Å². The molecule has 3 nitrogen and oxygen atoms in total. The summed E-state index contributed by atoms with van der Waals surface area (Å²) in [6, 6.07) is 6.35. The van der Waals surface area contributed by atoms with Crippen LogP contribution in [0.25, 0.3) is 0 Å². The summed E-state index contributed by atoms with van der Waals surface area (Å²) >= 11 is 0. The molecule has 0 amide bonds. The minimum Gasteiger partial charge on any atom is -0.493 e. The fourth-order valence-electron chi connectivity index (χ4n) is 2.05. The van der Waals surface area contributed by atoms with Gasteiger partial charge in [0.05, 0.1) is 14.2 Å². The molecule has 0 fully saturated rings. The largest absolute Gasteiger partial charge is 0.493 e. The van der Waals surface area contributed by atoms with Crippen LogP contribution in [0.3, 0.4) is 0 Å². The molecule has 1 unspecified atom stereocenters. The molecule has 0 heterocycles. The summed E-state index contributed by atoms with van der Waals surface area (Å²) in [5, 5.41) is 3.34. The SMILES string of the molecule is CCCCC(NC)c1cccc(OC)c1OC. The lowest BCUT2D eigenvalue weighted by Crippen LogP contribution is -2.17. The van der Waals surface area contributed by atoms with Crippen molar-refractivity contribution in [3.8, 4) is 11.5 Å². The molecule has 1 rings (SSSR count). The Kier molecular flexibility index (Phi) is 5.84. The molecule has 0 aliphatic rings. The van der Waals surface area contributed by atoms with Gasteiger partial charge < -0.3 is 14.8 Å². The number of ether oxygens (including phenoxy) is 2. The third-order valence-corrected chi connectivity index (χ3v) is 3.00. The molecule has 96 valence electrons. The molecule has 1 atom stereocenters. The second-order valence-corrected chi connectivity index (χ2v) is 4.07. The predicted octanol–water partition coefficient (Wildman–Crippen LogP) is 3.15. The summed E-state index contributed by atoms with van der Waals surface area (Å²) in [5.41, 5.74) is 1.17. The average molecular weight is 237 g/mol. The predicted molar refractivity (Wildman–Crippen MR) is 70.9 cm³/mol. The van der Waals surface area contributed by atoms with Crippen LogP contribution >= 0.6 is 0 Å². The van der Waals surface area contributed by atoms with Crippen molar-refractivity contribution in [2.45, 2.75) is 32.2 Å². The van der Waals surface area contributed by atoms with E-state index in [2.05, 4.69) is 18.3 Å². The van der Waals surface area contributed by atoms with Crippen molar-refractivity contribution in [3.05, 3.63) is 23.8 Å². The van der Waals surface area contributed by atoms with E-state index in [1.165, 1.54) is 18.4 Å². The average Bonchev–Trinajstić information content (AvgIpc) is 2.39. The molecular weight excluding hydrogens is 214 g/mol. The summed E-state index contributed by atoms with van der Waals surface area (Å²) in [4.78, 5) is 0. The van der Waals surface area contributed by atoms with Crippen LogP contribution in [0.4, 0.5) is 0 Å². The molecule has 0 saturated heterocycles. The number of hydrogen-bond acceptors (Lipinski definition) is 3. The van der Waals surface area contributed by atoms with E-state index >= 15 is 0 Å². The van der Waals surface area contributed by atoms with Gasteiger partial charge in [0.15, 0.2) is 11.5 Å². The minimum atomic E-state index is 0.319. The van der Waals surface area contributed by atoms with Crippen molar-refractivity contribution in [2.75, 3.05) is 21.3 Å². The van der Waals surface area contributed by atoms with Crippen LogP contribution in [0, 0.1) is 0 Å². The summed E-state index contributed by atoms with van der Waals surface area (Å²) < 4.78 is 10.8. The van der Waals surface area contributed by atoms with Gasteiger partial charge in [0.25, 0.3) is 0 Å². The third-order valence-electron chi connectivity index (χ3n) is 3.00. The molecule has 0 saturated carbocycles. The standard InChI is InChI=1S/C14H23NO2/c1-5-6-9-12(15-2)11-8-7-10-13(16-3)14(11)17-4/h7-8,10,12,15H,5-6,9H2,1-4H3. The van der Waals surface area contributed by atoms with Gasteiger partial charge in [-0.05, 0) is 19.5 Å². The Morgan fingerprint density at radius 2 is 2.00 bits per heavy atom. The molecular formula is C14H23NO2. The van der Waals surface area contributed by atoms with Gasteiger partial charge in [0, 0.05) is 11.6 Å². The molecule has 1 N–H and O–H groups in total. The lowest BCUT2D eigenvalue weighted by molar-refractivity contribution is 0.346. The maximum Gasteiger partial charge on any atom is 0.165 e. The van der Waals surface area contributed by atoms with Crippen LogP contribution in [0.2, 0.25) is 0 Å². The van der Waals surface area contributed by atoms with Gasteiger partial charge in [-0.2, -0.15) is 0 Å². The topological polar surface area (TPSA) is 30.5 Å². The number of nitrogens with one attached hydrogen (secondary N) is 1. The zero-order chi connectivity index (χ0) is 12.7. The number of methoxy groups -OCH3 is 2. The fourth-order valence-corrected chi connectivity index (χ4v) is 2.05. The van der Waals surface area contributed by atoms with Gasteiger partial charge in [0.1, 0.15) is 0 Å². The van der Waals surface area contributed by atoms with Crippen molar-refractivity contribution in [1.29, 1.82) is 0 Å². The Hall–Kier alpha value is -1.22. The summed E-state index contributed by atoms with van der Waals surface area (Å²) in [5.74, 6) is 1.63. The van der Waals surface area contributed by atoms with E-state index in [9.17, 15) is 0 Å². The second kappa shape index (κ2) is 7.17.